The highest BCUT2D eigenvalue weighted by Crippen LogP contribution is 2.20. The Morgan fingerprint density at radius 2 is 1.41 bits per heavy atom. The van der Waals surface area contributed by atoms with Crippen LogP contribution in [0.25, 0.3) is 21.9 Å². The van der Waals surface area contributed by atoms with Crippen LogP contribution in [0.4, 0.5) is 0 Å². The first-order valence-corrected chi connectivity index (χ1v) is 8.51. The first-order chi connectivity index (χ1) is 13.1. The van der Waals surface area contributed by atoms with Crippen molar-refractivity contribution in [2.75, 3.05) is 0 Å². The molecule has 1 heterocycles. The smallest absolute Gasteiger partial charge is 0.357 e. The largest absolute Gasteiger partial charge is 0.476 e. The van der Waals surface area contributed by atoms with E-state index in [0.29, 0.717) is 10.8 Å². The summed E-state index contributed by atoms with van der Waals surface area (Å²) in [5, 5.41) is 14.2. The molecule has 4 rings (SSSR count). The number of nitrogens with zero attached hydrogens (tertiary/aromatic N) is 2. The molecular weight excluding hydrogens is 340 g/mol. The van der Waals surface area contributed by atoms with Crippen molar-refractivity contribution in [3.8, 4) is 11.1 Å². The van der Waals surface area contributed by atoms with Gasteiger partial charge in [-0.1, -0.05) is 72.8 Å². The van der Waals surface area contributed by atoms with Gasteiger partial charge in [-0.2, -0.15) is 5.10 Å². The molecular formula is C22H16N2O3. The maximum Gasteiger partial charge on any atom is 0.357 e. The maximum absolute atomic E-state index is 12.7. The Balaban J connectivity index is 1.72. The minimum absolute atomic E-state index is 0.119. The highest BCUT2D eigenvalue weighted by atomic mass is 16.4. The summed E-state index contributed by atoms with van der Waals surface area (Å²) in [7, 11) is 0. The molecule has 0 aliphatic carbocycles. The summed E-state index contributed by atoms with van der Waals surface area (Å²) in [6.07, 6.45) is 0. The van der Waals surface area contributed by atoms with Crippen LogP contribution >= 0.6 is 0 Å². The van der Waals surface area contributed by atoms with E-state index in [2.05, 4.69) is 5.10 Å². The van der Waals surface area contributed by atoms with E-state index in [-0.39, 0.29) is 17.8 Å². The van der Waals surface area contributed by atoms with E-state index >= 15 is 0 Å². The molecule has 0 fully saturated rings. The quantitative estimate of drug-likeness (QED) is 0.603. The fourth-order valence-corrected chi connectivity index (χ4v) is 3.11. The maximum atomic E-state index is 12.7. The third kappa shape index (κ3) is 3.22. The van der Waals surface area contributed by atoms with E-state index in [0.717, 1.165) is 16.7 Å². The molecule has 1 N–H and O–H groups in total. The second-order valence-corrected chi connectivity index (χ2v) is 6.23. The molecule has 0 saturated heterocycles. The molecule has 27 heavy (non-hydrogen) atoms. The minimum Gasteiger partial charge on any atom is -0.476 e. The molecule has 5 nitrogen and oxygen atoms in total. The minimum atomic E-state index is -1.15. The van der Waals surface area contributed by atoms with Gasteiger partial charge in [0.2, 0.25) is 0 Å². The topological polar surface area (TPSA) is 72.2 Å². The first kappa shape index (κ1) is 16.7. The lowest BCUT2D eigenvalue weighted by Gasteiger charge is -2.09. The SMILES string of the molecule is O=C(O)c1nn(Cc2ccc(-c3ccccc3)cc2)c(=O)c2ccccc12. The van der Waals surface area contributed by atoms with Crippen LogP contribution in [0.3, 0.4) is 0 Å². The van der Waals surface area contributed by atoms with Crippen molar-refractivity contribution in [3.05, 3.63) is 100 Å². The van der Waals surface area contributed by atoms with Gasteiger partial charge in [-0.05, 0) is 22.8 Å². The molecule has 5 heteroatoms. The van der Waals surface area contributed by atoms with Crippen LogP contribution in [0, 0.1) is 0 Å². The van der Waals surface area contributed by atoms with Crippen LogP contribution in [-0.2, 0) is 6.54 Å². The highest BCUT2D eigenvalue weighted by molar-refractivity contribution is 6.01. The lowest BCUT2D eigenvalue weighted by Crippen LogP contribution is -2.26. The molecule has 0 unspecified atom stereocenters. The summed E-state index contributed by atoms with van der Waals surface area (Å²) in [6, 6.07) is 24.4. The van der Waals surface area contributed by atoms with Gasteiger partial charge in [0.25, 0.3) is 5.56 Å². The van der Waals surface area contributed by atoms with Crippen molar-refractivity contribution in [1.82, 2.24) is 9.78 Å². The average Bonchev–Trinajstić information content (AvgIpc) is 2.71. The number of hydrogen-bond acceptors (Lipinski definition) is 3. The number of carboxylic acids is 1. The fraction of sp³-hybridized carbons (Fsp3) is 0.0455. The molecule has 0 saturated carbocycles. The molecule has 0 bridgehead atoms. The molecule has 0 radical (unpaired) electrons. The van der Waals surface area contributed by atoms with Crippen LogP contribution in [0.5, 0.6) is 0 Å². The zero-order chi connectivity index (χ0) is 18.8. The van der Waals surface area contributed by atoms with E-state index in [1.54, 1.807) is 24.3 Å². The number of fused-ring (bicyclic) bond motifs is 1. The Labute approximate surface area is 155 Å². The predicted octanol–water partition coefficient (Wildman–Crippen LogP) is 3.81. The van der Waals surface area contributed by atoms with E-state index in [1.165, 1.54) is 4.68 Å². The van der Waals surface area contributed by atoms with Crippen molar-refractivity contribution in [2.45, 2.75) is 6.54 Å². The van der Waals surface area contributed by atoms with Crippen molar-refractivity contribution < 1.29 is 9.90 Å². The predicted molar refractivity (Wildman–Crippen MR) is 104 cm³/mol. The van der Waals surface area contributed by atoms with Gasteiger partial charge in [0.05, 0.1) is 11.9 Å². The van der Waals surface area contributed by atoms with E-state index in [4.69, 9.17) is 0 Å². The summed E-state index contributed by atoms with van der Waals surface area (Å²) in [5.74, 6) is -1.15. The van der Waals surface area contributed by atoms with Gasteiger partial charge in [0.15, 0.2) is 5.69 Å². The summed E-state index contributed by atoms with van der Waals surface area (Å²) in [6.45, 7) is 0.207. The van der Waals surface area contributed by atoms with Gasteiger partial charge in [-0.15, -0.1) is 0 Å². The van der Waals surface area contributed by atoms with Crippen molar-refractivity contribution in [3.63, 3.8) is 0 Å². The van der Waals surface area contributed by atoms with Crippen LogP contribution in [0.1, 0.15) is 16.1 Å². The van der Waals surface area contributed by atoms with Crippen molar-refractivity contribution in [2.24, 2.45) is 0 Å². The molecule has 1 aromatic heterocycles. The molecule has 0 spiro atoms. The van der Waals surface area contributed by atoms with Crippen LogP contribution in [0.15, 0.2) is 83.7 Å². The van der Waals surface area contributed by atoms with E-state index in [1.807, 2.05) is 54.6 Å². The Kier molecular flexibility index (Phi) is 4.26. The van der Waals surface area contributed by atoms with Gasteiger partial charge in [0.1, 0.15) is 0 Å². The normalized spacial score (nSPS) is 10.8. The number of aromatic carboxylic acids is 1. The zero-order valence-electron chi connectivity index (χ0n) is 14.4. The van der Waals surface area contributed by atoms with E-state index in [9.17, 15) is 14.7 Å². The third-order valence-electron chi connectivity index (χ3n) is 4.46. The van der Waals surface area contributed by atoms with E-state index < -0.39 is 5.97 Å². The molecule has 132 valence electrons. The van der Waals surface area contributed by atoms with Gasteiger partial charge in [-0.25, -0.2) is 9.48 Å². The van der Waals surface area contributed by atoms with Crippen LogP contribution in [0.2, 0.25) is 0 Å². The number of carbonyl (C=O) groups is 1. The summed E-state index contributed by atoms with van der Waals surface area (Å²) in [4.78, 5) is 24.3. The molecule has 3 aromatic carbocycles. The number of hydrogen-bond donors (Lipinski definition) is 1. The summed E-state index contributed by atoms with van der Waals surface area (Å²) >= 11 is 0. The molecule has 0 aliphatic rings. The Morgan fingerprint density at radius 3 is 2.07 bits per heavy atom. The number of carboxylic acid groups (broad SMARTS) is 1. The summed E-state index contributed by atoms with van der Waals surface area (Å²) in [5.41, 5.74) is 2.63. The lowest BCUT2D eigenvalue weighted by atomic mass is 10.0. The second-order valence-electron chi connectivity index (χ2n) is 6.23. The Morgan fingerprint density at radius 1 is 0.815 bits per heavy atom. The first-order valence-electron chi connectivity index (χ1n) is 8.51. The average molecular weight is 356 g/mol. The van der Waals surface area contributed by atoms with Gasteiger partial charge in [0, 0.05) is 5.39 Å². The molecule has 4 aromatic rings. The Hall–Kier alpha value is -3.73. The molecule has 0 aliphatic heterocycles. The number of aromatic nitrogens is 2. The van der Waals surface area contributed by atoms with Crippen LogP contribution < -0.4 is 5.56 Å². The number of rotatable bonds is 4. The van der Waals surface area contributed by atoms with Gasteiger partial charge >= 0.3 is 5.97 Å². The lowest BCUT2D eigenvalue weighted by molar-refractivity contribution is 0.0690. The molecule has 0 atom stereocenters. The highest BCUT2D eigenvalue weighted by Gasteiger charge is 2.15. The fourth-order valence-electron chi connectivity index (χ4n) is 3.11. The second kappa shape index (κ2) is 6.88. The van der Waals surface area contributed by atoms with Gasteiger partial charge < -0.3 is 5.11 Å². The van der Waals surface area contributed by atoms with Crippen molar-refractivity contribution >= 4 is 16.7 Å². The third-order valence-corrected chi connectivity index (χ3v) is 4.46. The van der Waals surface area contributed by atoms with Gasteiger partial charge in [-0.3, -0.25) is 4.79 Å². The summed E-state index contributed by atoms with van der Waals surface area (Å²) < 4.78 is 1.21. The monoisotopic (exact) mass is 356 g/mol. The molecule has 0 amide bonds. The standard InChI is InChI=1S/C22H16N2O3/c25-21-19-9-5-4-8-18(19)20(22(26)27)23-24(21)14-15-10-12-17(13-11-15)16-6-2-1-3-7-16/h1-13H,14H2,(H,26,27). The number of benzene rings is 3. The zero-order valence-corrected chi connectivity index (χ0v) is 14.4. The van der Waals surface area contributed by atoms with Crippen LogP contribution in [-0.4, -0.2) is 20.9 Å². The van der Waals surface area contributed by atoms with Crippen molar-refractivity contribution in [1.29, 1.82) is 0 Å². The Bertz CT molecular complexity index is 1180.